The lowest BCUT2D eigenvalue weighted by molar-refractivity contribution is -0.132. The molecule has 0 heterocycles. The first-order valence-electron chi connectivity index (χ1n) is 4.29. The van der Waals surface area contributed by atoms with Gasteiger partial charge in [-0.15, -0.1) is 0 Å². The standard InChI is InChI=1S/C11H13NO2/c1-7(11(13)14)6-9-4-3-5-10(12)8(9)2/h3-6H,12H2,1-2H3,(H,13,14). The smallest absolute Gasteiger partial charge is 0.331 e. The van der Waals surface area contributed by atoms with Gasteiger partial charge in [-0.1, -0.05) is 12.1 Å². The third-order valence-corrected chi connectivity index (χ3v) is 2.13. The lowest BCUT2D eigenvalue weighted by Crippen LogP contribution is -1.97. The Morgan fingerprint density at radius 2 is 2.14 bits per heavy atom. The molecule has 1 aromatic rings. The van der Waals surface area contributed by atoms with E-state index >= 15 is 0 Å². The van der Waals surface area contributed by atoms with Gasteiger partial charge in [-0.25, -0.2) is 4.79 Å². The van der Waals surface area contributed by atoms with Gasteiger partial charge < -0.3 is 10.8 Å². The second-order valence-electron chi connectivity index (χ2n) is 3.19. The number of carbonyl (C=O) groups is 1. The molecule has 14 heavy (non-hydrogen) atoms. The highest BCUT2D eigenvalue weighted by molar-refractivity contribution is 5.91. The van der Waals surface area contributed by atoms with Gasteiger partial charge in [-0.05, 0) is 37.1 Å². The number of carboxylic acids is 1. The molecule has 0 aliphatic carbocycles. The summed E-state index contributed by atoms with van der Waals surface area (Å²) >= 11 is 0. The van der Waals surface area contributed by atoms with Crippen LogP contribution in [0.15, 0.2) is 23.8 Å². The van der Waals surface area contributed by atoms with E-state index in [4.69, 9.17) is 10.8 Å². The zero-order valence-electron chi connectivity index (χ0n) is 8.24. The molecule has 3 heteroatoms. The molecular formula is C11H13NO2. The van der Waals surface area contributed by atoms with Crippen molar-refractivity contribution in [2.45, 2.75) is 13.8 Å². The molecule has 0 aliphatic heterocycles. The van der Waals surface area contributed by atoms with Crippen molar-refractivity contribution in [1.82, 2.24) is 0 Å². The topological polar surface area (TPSA) is 63.3 Å². The summed E-state index contributed by atoms with van der Waals surface area (Å²) in [6.45, 7) is 3.43. The van der Waals surface area contributed by atoms with Crippen LogP contribution >= 0.6 is 0 Å². The van der Waals surface area contributed by atoms with Crippen molar-refractivity contribution in [2.24, 2.45) is 0 Å². The van der Waals surface area contributed by atoms with Crippen LogP contribution in [-0.4, -0.2) is 11.1 Å². The number of aliphatic carboxylic acids is 1. The number of carboxylic acid groups (broad SMARTS) is 1. The normalized spacial score (nSPS) is 11.4. The molecule has 0 atom stereocenters. The minimum atomic E-state index is -0.910. The Balaban J connectivity index is 3.15. The molecule has 74 valence electrons. The molecule has 0 aliphatic rings. The van der Waals surface area contributed by atoms with E-state index in [2.05, 4.69) is 0 Å². The van der Waals surface area contributed by atoms with Crippen LogP contribution in [0, 0.1) is 6.92 Å². The van der Waals surface area contributed by atoms with Crippen molar-refractivity contribution >= 4 is 17.7 Å². The second-order valence-corrected chi connectivity index (χ2v) is 3.19. The van der Waals surface area contributed by atoms with Crippen LogP contribution in [0.4, 0.5) is 5.69 Å². The summed E-state index contributed by atoms with van der Waals surface area (Å²) in [5.41, 5.74) is 8.44. The Hall–Kier alpha value is -1.77. The summed E-state index contributed by atoms with van der Waals surface area (Å²) in [6, 6.07) is 5.45. The van der Waals surface area contributed by atoms with E-state index in [9.17, 15) is 4.79 Å². The van der Waals surface area contributed by atoms with Gasteiger partial charge in [0.25, 0.3) is 0 Å². The Labute approximate surface area is 82.9 Å². The number of rotatable bonds is 2. The Morgan fingerprint density at radius 3 is 2.71 bits per heavy atom. The van der Waals surface area contributed by atoms with E-state index in [1.165, 1.54) is 0 Å². The monoisotopic (exact) mass is 191 g/mol. The van der Waals surface area contributed by atoms with Crippen molar-refractivity contribution in [1.29, 1.82) is 0 Å². The first kappa shape index (κ1) is 10.3. The summed E-state index contributed by atoms with van der Waals surface area (Å²) in [7, 11) is 0. The fourth-order valence-electron chi connectivity index (χ4n) is 1.12. The summed E-state index contributed by atoms with van der Waals surface area (Å²) in [5, 5.41) is 8.70. The molecule has 1 rings (SSSR count). The van der Waals surface area contributed by atoms with E-state index in [-0.39, 0.29) is 0 Å². The van der Waals surface area contributed by atoms with Crippen LogP contribution in [0.25, 0.3) is 6.08 Å². The third kappa shape index (κ3) is 2.13. The third-order valence-electron chi connectivity index (χ3n) is 2.13. The molecule has 1 aromatic carbocycles. The Bertz CT molecular complexity index is 394. The van der Waals surface area contributed by atoms with Gasteiger partial charge in [0.05, 0.1) is 0 Å². The van der Waals surface area contributed by atoms with Gasteiger partial charge in [0.15, 0.2) is 0 Å². The van der Waals surface area contributed by atoms with Gasteiger partial charge in [-0.3, -0.25) is 0 Å². The maximum atomic E-state index is 10.6. The molecule has 0 saturated heterocycles. The number of nitrogen functional groups attached to an aromatic ring is 1. The summed E-state index contributed by atoms with van der Waals surface area (Å²) in [5.74, 6) is -0.910. The van der Waals surface area contributed by atoms with Crippen LogP contribution in [0.5, 0.6) is 0 Å². The number of nitrogens with two attached hydrogens (primary N) is 1. The lowest BCUT2D eigenvalue weighted by Gasteiger charge is -2.04. The predicted octanol–water partition coefficient (Wildman–Crippen LogP) is 2.07. The van der Waals surface area contributed by atoms with Crippen LogP contribution in [-0.2, 0) is 4.79 Å². The van der Waals surface area contributed by atoms with Gasteiger partial charge >= 0.3 is 5.97 Å². The maximum Gasteiger partial charge on any atom is 0.331 e. The zero-order valence-corrected chi connectivity index (χ0v) is 8.24. The van der Waals surface area contributed by atoms with Gasteiger partial charge in [-0.2, -0.15) is 0 Å². The molecule has 3 N–H and O–H groups in total. The highest BCUT2D eigenvalue weighted by atomic mass is 16.4. The number of hydrogen-bond donors (Lipinski definition) is 2. The molecule has 0 fully saturated rings. The van der Waals surface area contributed by atoms with E-state index in [0.717, 1.165) is 11.1 Å². The van der Waals surface area contributed by atoms with E-state index < -0.39 is 5.97 Å². The SMILES string of the molecule is CC(=Cc1cccc(N)c1C)C(=O)O. The summed E-state index contributed by atoms with van der Waals surface area (Å²) in [6.07, 6.45) is 1.62. The van der Waals surface area contributed by atoms with E-state index in [1.807, 2.05) is 19.1 Å². The largest absolute Gasteiger partial charge is 0.478 e. The molecule has 0 aromatic heterocycles. The second kappa shape index (κ2) is 3.96. The predicted molar refractivity (Wildman–Crippen MR) is 56.9 cm³/mol. The Morgan fingerprint density at radius 1 is 1.50 bits per heavy atom. The molecule has 0 bridgehead atoms. The van der Waals surface area contributed by atoms with Crippen molar-refractivity contribution in [3.63, 3.8) is 0 Å². The highest BCUT2D eigenvalue weighted by Gasteiger charge is 2.02. The van der Waals surface area contributed by atoms with E-state index in [1.54, 1.807) is 19.1 Å². The average molecular weight is 191 g/mol. The summed E-state index contributed by atoms with van der Waals surface area (Å²) in [4.78, 5) is 10.6. The molecule has 0 amide bonds. The first-order valence-corrected chi connectivity index (χ1v) is 4.29. The molecule has 0 saturated carbocycles. The molecule has 3 nitrogen and oxygen atoms in total. The van der Waals surface area contributed by atoms with Crippen LogP contribution in [0.3, 0.4) is 0 Å². The minimum Gasteiger partial charge on any atom is -0.478 e. The lowest BCUT2D eigenvalue weighted by atomic mass is 10.0. The highest BCUT2D eigenvalue weighted by Crippen LogP contribution is 2.18. The molecule has 0 radical (unpaired) electrons. The number of anilines is 1. The van der Waals surface area contributed by atoms with Crippen LogP contribution < -0.4 is 5.73 Å². The van der Waals surface area contributed by atoms with Crippen molar-refractivity contribution < 1.29 is 9.90 Å². The zero-order chi connectivity index (χ0) is 10.7. The van der Waals surface area contributed by atoms with Crippen molar-refractivity contribution in [2.75, 3.05) is 5.73 Å². The molecular weight excluding hydrogens is 178 g/mol. The van der Waals surface area contributed by atoms with E-state index in [0.29, 0.717) is 11.3 Å². The molecule has 0 spiro atoms. The fraction of sp³-hybridized carbons (Fsp3) is 0.182. The maximum absolute atomic E-state index is 10.6. The van der Waals surface area contributed by atoms with Crippen LogP contribution in [0.1, 0.15) is 18.1 Å². The van der Waals surface area contributed by atoms with Crippen molar-refractivity contribution in [3.8, 4) is 0 Å². The Kier molecular flexibility index (Phi) is 2.92. The van der Waals surface area contributed by atoms with Gasteiger partial charge in [0, 0.05) is 11.3 Å². The summed E-state index contributed by atoms with van der Waals surface area (Å²) < 4.78 is 0. The minimum absolute atomic E-state index is 0.304. The average Bonchev–Trinajstić information content (AvgIpc) is 2.12. The van der Waals surface area contributed by atoms with Crippen LogP contribution in [0.2, 0.25) is 0 Å². The quantitative estimate of drug-likeness (QED) is 0.555. The van der Waals surface area contributed by atoms with Gasteiger partial charge in [0.1, 0.15) is 0 Å². The first-order chi connectivity index (χ1) is 6.52. The number of hydrogen-bond acceptors (Lipinski definition) is 2. The molecule has 0 unspecified atom stereocenters. The number of benzene rings is 1. The fourth-order valence-corrected chi connectivity index (χ4v) is 1.12. The van der Waals surface area contributed by atoms with Crippen molar-refractivity contribution in [3.05, 3.63) is 34.9 Å². The van der Waals surface area contributed by atoms with Gasteiger partial charge in [0.2, 0.25) is 0 Å².